The van der Waals surface area contributed by atoms with Gasteiger partial charge in [-0.1, -0.05) is 18.2 Å². The molecule has 3 nitrogen and oxygen atoms in total. The fourth-order valence-electron chi connectivity index (χ4n) is 1.88. The van der Waals surface area contributed by atoms with E-state index < -0.39 is 0 Å². The number of aromatic nitrogens is 2. The summed E-state index contributed by atoms with van der Waals surface area (Å²) in [6, 6.07) is 8.27. The van der Waals surface area contributed by atoms with Gasteiger partial charge in [0.1, 0.15) is 6.07 Å². The molecule has 0 N–H and O–H groups in total. The van der Waals surface area contributed by atoms with E-state index in [1.165, 1.54) is 0 Å². The first-order chi connectivity index (χ1) is 7.65. The molecule has 1 heterocycles. The summed E-state index contributed by atoms with van der Waals surface area (Å²) in [5, 5.41) is 13.2. The molecule has 0 aliphatic rings. The molecule has 0 saturated heterocycles. The molecule has 0 fully saturated rings. The Bertz CT molecular complexity index is 553. The van der Waals surface area contributed by atoms with Crippen LogP contribution in [0.5, 0.6) is 0 Å². The Balaban J connectivity index is 2.69. The smallest absolute Gasteiger partial charge is 0.103 e. The van der Waals surface area contributed by atoms with Gasteiger partial charge >= 0.3 is 0 Å². The van der Waals surface area contributed by atoms with E-state index in [2.05, 4.69) is 37.1 Å². The van der Waals surface area contributed by atoms with Gasteiger partial charge in [0.2, 0.25) is 0 Å². The highest BCUT2D eigenvalue weighted by molar-refractivity contribution is 5.49. The van der Waals surface area contributed by atoms with E-state index in [-0.39, 0.29) is 0 Å². The van der Waals surface area contributed by atoms with Crippen molar-refractivity contribution in [2.45, 2.75) is 20.8 Å². The molecule has 2 rings (SSSR count). The van der Waals surface area contributed by atoms with Crippen molar-refractivity contribution < 1.29 is 0 Å². The monoisotopic (exact) mass is 211 g/mol. The number of benzene rings is 1. The molecule has 0 spiro atoms. The predicted molar refractivity (Wildman–Crippen MR) is 62.5 cm³/mol. The molecular weight excluding hydrogens is 198 g/mol. The number of para-hydroxylation sites is 1. The first-order valence-electron chi connectivity index (χ1n) is 5.16. The first kappa shape index (κ1) is 10.4. The van der Waals surface area contributed by atoms with Crippen molar-refractivity contribution in [3.63, 3.8) is 0 Å². The summed E-state index contributed by atoms with van der Waals surface area (Å²) in [7, 11) is 0. The molecule has 0 bridgehead atoms. The molecule has 0 radical (unpaired) electrons. The fraction of sp³-hybridized carbons (Fsp3) is 0.231. The average molecular weight is 211 g/mol. The molecule has 0 amide bonds. The lowest BCUT2D eigenvalue weighted by molar-refractivity contribution is 0.833. The van der Waals surface area contributed by atoms with E-state index >= 15 is 0 Å². The molecule has 1 aromatic heterocycles. The lowest BCUT2D eigenvalue weighted by Gasteiger charge is -2.11. The Morgan fingerprint density at radius 3 is 2.31 bits per heavy atom. The Morgan fingerprint density at radius 2 is 1.81 bits per heavy atom. The van der Waals surface area contributed by atoms with Crippen LogP contribution < -0.4 is 0 Å². The molecule has 1 aromatic carbocycles. The summed E-state index contributed by atoms with van der Waals surface area (Å²) in [5.41, 5.74) is 4.91. The van der Waals surface area contributed by atoms with E-state index in [0.717, 1.165) is 22.5 Å². The molecule has 80 valence electrons. The number of rotatable bonds is 1. The SMILES string of the molecule is Cc1cccc(C)c1-n1ncc(C#N)c1C. The Morgan fingerprint density at radius 1 is 1.19 bits per heavy atom. The third-order valence-electron chi connectivity index (χ3n) is 2.78. The van der Waals surface area contributed by atoms with Gasteiger partial charge in [-0.2, -0.15) is 10.4 Å². The van der Waals surface area contributed by atoms with Crippen molar-refractivity contribution in [2.24, 2.45) is 0 Å². The van der Waals surface area contributed by atoms with E-state index in [0.29, 0.717) is 5.56 Å². The molecular formula is C13H13N3. The van der Waals surface area contributed by atoms with Crippen LogP contribution in [0, 0.1) is 32.1 Å². The summed E-state index contributed by atoms with van der Waals surface area (Å²) in [5.74, 6) is 0. The van der Waals surface area contributed by atoms with E-state index in [1.807, 2.05) is 17.7 Å². The fourth-order valence-corrected chi connectivity index (χ4v) is 1.88. The Hall–Kier alpha value is -2.08. The molecule has 0 saturated carbocycles. The van der Waals surface area contributed by atoms with Gasteiger partial charge in [-0.15, -0.1) is 0 Å². The maximum absolute atomic E-state index is 8.91. The van der Waals surface area contributed by atoms with Gasteiger partial charge in [0, 0.05) is 0 Å². The molecule has 3 heteroatoms. The van der Waals surface area contributed by atoms with Crippen LogP contribution in [0.3, 0.4) is 0 Å². The second kappa shape index (κ2) is 3.82. The molecule has 0 aliphatic heterocycles. The second-order valence-corrected chi connectivity index (χ2v) is 3.91. The number of aryl methyl sites for hydroxylation is 2. The third-order valence-corrected chi connectivity index (χ3v) is 2.78. The van der Waals surface area contributed by atoms with E-state index in [1.54, 1.807) is 6.20 Å². The number of hydrogen-bond acceptors (Lipinski definition) is 2. The maximum Gasteiger partial charge on any atom is 0.103 e. The molecule has 0 aliphatic carbocycles. The Kier molecular flexibility index (Phi) is 2.49. The maximum atomic E-state index is 8.91. The van der Waals surface area contributed by atoms with Crippen molar-refractivity contribution in [1.29, 1.82) is 5.26 Å². The van der Waals surface area contributed by atoms with Crippen LogP contribution in [0.4, 0.5) is 0 Å². The second-order valence-electron chi connectivity index (χ2n) is 3.91. The molecule has 0 atom stereocenters. The summed E-state index contributed by atoms with van der Waals surface area (Å²) in [4.78, 5) is 0. The van der Waals surface area contributed by atoms with Crippen molar-refractivity contribution in [1.82, 2.24) is 9.78 Å². The van der Waals surface area contributed by atoms with Crippen molar-refractivity contribution >= 4 is 0 Å². The minimum atomic E-state index is 0.627. The lowest BCUT2D eigenvalue weighted by Crippen LogP contribution is -2.03. The molecule has 16 heavy (non-hydrogen) atoms. The van der Waals surface area contributed by atoms with Gasteiger partial charge in [0.15, 0.2) is 0 Å². The standard InChI is InChI=1S/C13H13N3/c1-9-5-4-6-10(2)13(9)16-11(3)12(7-14)8-15-16/h4-6,8H,1-3H3. The predicted octanol–water partition coefficient (Wildman–Crippen LogP) is 2.67. The van der Waals surface area contributed by atoms with Crippen molar-refractivity contribution in [3.05, 3.63) is 46.8 Å². The van der Waals surface area contributed by atoms with E-state index in [4.69, 9.17) is 5.26 Å². The quantitative estimate of drug-likeness (QED) is 0.727. The zero-order valence-corrected chi connectivity index (χ0v) is 9.65. The zero-order valence-electron chi connectivity index (χ0n) is 9.65. The summed E-state index contributed by atoms with van der Waals surface area (Å²) in [6.45, 7) is 6.02. The van der Waals surface area contributed by atoms with Gasteiger partial charge in [-0.05, 0) is 31.9 Å². The van der Waals surface area contributed by atoms with Crippen LogP contribution in [0.15, 0.2) is 24.4 Å². The summed E-state index contributed by atoms with van der Waals surface area (Å²) in [6.07, 6.45) is 1.61. The summed E-state index contributed by atoms with van der Waals surface area (Å²) < 4.78 is 1.84. The zero-order chi connectivity index (χ0) is 11.7. The lowest BCUT2D eigenvalue weighted by atomic mass is 10.1. The van der Waals surface area contributed by atoms with Crippen LogP contribution in [-0.4, -0.2) is 9.78 Å². The topological polar surface area (TPSA) is 41.6 Å². The van der Waals surface area contributed by atoms with E-state index in [9.17, 15) is 0 Å². The van der Waals surface area contributed by atoms with Gasteiger partial charge in [-0.25, -0.2) is 4.68 Å². The minimum absolute atomic E-state index is 0.627. The van der Waals surface area contributed by atoms with Gasteiger partial charge < -0.3 is 0 Å². The van der Waals surface area contributed by atoms with Crippen LogP contribution in [0.2, 0.25) is 0 Å². The van der Waals surface area contributed by atoms with Gasteiger partial charge in [0.05, 0.1) is 23.1 Å². The minimum Gasteiger partial charge on any atom is -0.236 e. The van der Waals surface area contributed by atoms with Gasteiger partial charge in [0.25, 0.3) is 0 Å². The van der Waals surface area contributed by atoms with Crippen molar-refractivity contribution in [2.75, 3.05) is 0 Å². The average Bonchev–Trinajstić information content (AvgIpc) is 2.60. The number of nitrogens with zero attached hydrogens (tertiary/aromatic N) is 3. The van der Waals surface area contributed by atoms with Crippen LogP contribution in [0.1, 0.15) is 22.4 Å². The number of nitriles is 1. The normalized spacial score (nSPS) is 10.1. The molecule has 0 unspecified atom stereocenters. The third kappa shape index (κ3) is 1.49. The van der Waals surface area contributed by atoms with Gasteiger partial charge in [-0.3, -0.25) is 0 Å². The Labute approximate surface area is 94.9 Å². The van der Waals surface area contributed by atoms with Crippen LogP contribution >= 0.6 is 0 Å². The largest absolute Gasteiger partial charge is 0.236 e. The van der Waals surface area contributed by atoms with Crippen molar-refractivity contribution in [3.8, 4) is 11.8 Å². The van der Waals surface area contributed by atoms with Crippen LogP contribution in [0.25, 0.3) is 5.69 Å². The highest BCUT2D eigenvalue weighted by Crippen LogP contribution is 2.20. The first-order valence-corrected chi connectivity index (χ1v) is 5.16. The highest BCUT2D eigenvalue weighted by atomic mass is 15.3. The molecule has 2 aromatic rings. The number of hydrogen-bond donors (Lipinski definition) is 0. The highest BCUT2D eigenvalue weighted by Gasteiger charge is 2.11. The summed E-state index contributed by atoms with van der Waals surface area (Å²) >= 11 is 0. The van der Waals surface area contributed by atoms with Crippen LogP contribution in [-0.2, 0) is 0 Å².